The molecule has 0 amide bonds. The van der Waals surface area contributed by atoms with Crippen molar-refractivity contribution in [2.24, 2.45) is 0 Å². The quantitative estimate of drug-likeness (QED) is 0.928. The van der Waals surface area contributed by atoms with Gasteiger partial charge in [0.25, 0.3) is 0 Å². The molecule has 2 aromatic rings. The average Bonchev–Trinajstić information content (AvgIpc) is 3.18. The molecule has 1 aromatic heterocycles. The first-order chi connectivity index (χ1) is 9.85. The summed E-state index contributed by atoms with van der Waals surface area (Å²) in [5.41, 5.74) is 2.39. The van der Waals surface area contributed by atoms with E-state index in [-0.39, 0.29) is 0 Å². The van der Waals surface area contributed by atoms with Gasteiger partial charge < -0.3 is 10.1 Å². The summed E-state index contributed by atoms with van der Waals surface area (Å²) in [4.78, 5) is 0. The molecule has 0 saturated carbocycles. The van der Waals surface area contributed by atoms with Crippen molar-refractivity contribution in [3.63, 3.8) is 0 Å². The monoisotopic (exact) mass is 271 g/mol. The Morgan fingerprint density at radius 2 is 2.25 bits per heavy atom. The van der Waals surface area contributed by atoms with Crippen molar-refractivity contribution in [1.29, 1.82) is 0 Å². The van der Waals surface area contributed by atoms with Crippen LogP contribution < -0.4 is 5.32 Å². The highest BCUT2D eigenvalue weighted by Crippen LogP contribution is 2.34. The summed E-state index contributed by atoms with van der Waals surface area (Å²) in [5.74, 6) is 0. The number of para-hydroxylation sites is 1. The van der Waals surface area contributed by atoms with Gasteiger partial charge in [-0.25, -0.2) is 0 Å². The lowest BCUT2D eigenvalue weighted by molar-refractivity contribution is 0.0972. The van der Waals surface area contributed by atoms with Crippen LogP contribution in [0.15, 0.2) is 24.3 Å². The van der Waals surface area contributed by atoms with Crippen LogP contribution in [0.5, 0.6) is 0 Å². The Kier molecular flexibility index (Phi) is 3.00. The number of benzene rings is 1. The largest absolute Gasteiger partial charge is 0.373 e. The first kappa shape index (κ1) is 12.4. The summed E-state index contributed by atoms with van der Waals surface area (Å²) in [6.07, 6.45) is 4.56. The number of aromatic nitrogens is 2. The van der Waals surface area contributed by atoms with Gasteiger partial charge in [0.05, 0.1) is 23.4 Å². The van der Waals surface area contributed by atoms with Crippen molar-refractivity contribution in [3.8, 4) is 0 Å². The highest BCUT2D eigenvalue weighted by atomic mass is 16.5. The second-order valence-electron chi connectivity index (χ2n) is 5.88. The van der Waals surface area contributed by atoms with Gasteiger partial charge in [-0.3, -0.25) is 4.68 Å². The molecule has 20 heavy (non-hydrogen) atoms. The highest BCUT2D eigenvalue weighted by molar-refractivity contribution is 5.81. The van der Waals surface area contributed by atoms with E-state index in [1.54, 1.807) is 0 Å². The molecule has 0 spiro atoms. The van der Waals surface area contributed by atoms with E-state index in [4.69, 9.17) is 9.84 Å². The first-order valence-electron chi connectivity index (χ1n) is 7.68. The molecule has 2 bridgehead atoms. The summed E-state index contributed by atoms with van der Waals surface area (Å²) in [6, 6.07) is 9.00. The molecule has 1 N–H and O–H groups in total. The third kappa shape index (κ3) is 1.95. The van der Waals surface area contributed by atoms with Gasteiger partial charge in [-0.2, -0.15) is 5.10 Å². The molecule has 2 aliphatic rings. The van der Waals surface area contributed by atoms with Crippen LogP contribution >= 0.6 is 0 Å². The zero-order valence-electron chi connectivity index (χ0n) is 11.9. The maximum absolute atomic E-state index is 5.90. The predicted octanol–water partition coefficient (Wildman–Crippen LogP) is 2.47. The molecule has 3 heterocycles. The summed E-state index contributed by atoms with van der Waals surface area (Å²) in [6.45, 7) is 3.89. The van der Waals surface area contributed by atoms with E-state index >= 15 is 0 Å². The van der Waals surface area contributed by atoms with E-state index in [9.17, 15) is 0 Å². The van der Waals surface area contributed by atoms with Gasteiger partial charge in [0.15, 0.2) is 0 Å². The Balaban J connectivity index is 1.54. The maximum Gasteiger partial charge on any atom is 0.0841 e. The van der Waals surface area contributed by atoms with Gasteiger partial charge in [-0.15, -0.1) is 0 Å². The zero-order valence-corrected chi connectivity index (χ0v) is 11.9. The molecule has 2 aliphatic heterocycles. The lowest BCUT2D eigenvalue weighted by Gasteiger charge is -2.19. The van der Waals surface area contributed by atoms with Crippen molar-refractivity contribution in [3.05, 3.63) is 30.0 Å². The van der Waals surface area contributed by atoms with Crippen molar-refractivity contribution >= 4 is 10.9 Å². The molecule has 2 fully saturated rings. The molecule has 2 saturated heterocycles. The fraction of sp³-hybridized carbons (Fsp3) is 0.562. The van der Waals surface area contributed by atoms with E-state index in [1.165, 1.54) is 23.7 Å². The minimum atomic E-state index is 0.430. The van der Waals surface area contributed by atoms with E-state index in [2.05, 4.69) is 41.2 Å². The van der Waals surface area contributed by atoms with Crippen LogP contribution in [0.1, 0.15) is 31.9 Å². The number of aryl methyl sites for hydroxylation is 1. The lowest BCUT2D eigenvalue weighted by Crippen LogP contribution is -2.37. The third-order valence-electron chi connectivity index (χ3n) is 4.67. The molecule has 106 valence electrons. The second kappa shape index (κ2) is 4.86. The SMILES string of the molecule is CCn1nc(CNC2CC3CCC2O3)c2ccccc21. The summed E-state index contributed by atoms with van der Waals surface area (Å²) >= 11 is 0. The summed E-state index contributed by atoms with van der Waals surface area (Å²) in [7, 11) is 0. The van der Waals surface area contributed by atoms with Crippen LogP contribution in [-0.4, -0.2) is 28.0 Å². The molecule has 3 unspecified atom stereocenters. The number of ether oxygens (including phenoxy) is 1. The minimum Gasteiger partial charge on any atom is -0.373 e. The van der Waals surface area contributed by atoms with Gasteiger partial charge in [-0.1, -0.05) is 18.2 Å². The Bertz CT molecular complexity index is 621. The van der Waals surface area contributed by atoms with Gasteiger partial charge in [0.2, 0.25) is 0 Å². The number of rotatable bonds is 4. The van der Waals surface area contributed by atoms with Gasteiger partial charge in [-0.05, 0) is 32.3 Å². The Morgan fingerprint density at radius 1 is 1.35 bits per heavy atom. The number of nitrogens with zero attached hydrogens (tertiary/aromatic N) is 2. The molecular weight excluding hydrogens is 250 g/mol. The average molecular weight is 271 g/mol. The Labute approximate surface area is 119 Å². The normalized spacial score (nSPS) is 28.6. The smallest absolute Gasteiger partial charge is 0.0841 e. The van der Waals surface area contributed by atoms with Crippen LogP contribution in [0, 0.1) is 0 Å². The first-order valence-corrected chi connectivity index (χ1v) is 7.68. The van der Waals surface area contributed by atoms with Gasteiger partial charge in [0.1, 0.15) is 0 Å². The molecular formula is C16H21N3O. The Hall–Kier alpha value is -1.39. The van der Waals surface area contributed by atoms with Crippen LogP contribution in [-0.2, 0) is 17.8 Å². The molecule has 4 heteroatoms. The van der Waals surface area contributed by atoms with Gasteiger partial charge >= 0.3 is 0 Å². The summed E-state index contributed by atoms with van der Waals surface area (Å²) < 4.78 is 7.99. The Morgan fingerprint density at radius 3 is 3.00 bits per heavy atom. The second-order valence-corrected chi connectivity index (χ2v) is 5.88. The highest BCUT2D eigenvalue weighted by Gasteiger charge is 2.40. The lowest BCUT2D eigenvalue weighted by atomic mass is 9.95. The molecule has 0 radical (unpaired) electrons. The number of hydrogen-bond acceptors (Lipinski definition) is 3. The van der Waals surface area contributed by atoms with Crippen molar-refractivity contribution < 1.29 is 4.74 Å². The standard InChI is InChI=1S/C16H21N3O/c1-2-19-15-6-4-3-5-12(15)14(18-19)10-17-13-9-11-7-8-16(13)20-11/h3-6,11,13,16-17H,2,7-10H2,1H3. The minimum absolute atomic E-state index is 0.430. The molecule has 4 nitrogen and oxygen atoms in total. The maximum atomic E-state index is 5.90. The molecule has 4 rings (SSSR count). The number of hydrogen-bond donors (Lipinski definition) is 1. The van der Waals surface area contributed by atoms with Crippen LogP contribution in [0.2, 0.25) is 0 Å². The predicted molar refractivity (Wildman–Crippen MR) is 78.5 cm³/mol. The molecule has 1 aromatic carbocycles. The van der Waals surface area contributed by atoms with E-state index in [0.717, 1.165) is 25.2 Å². The van der Waals surface area contributed by atoms with E-state index in [1.807, 2.05) is 0 Å². The molecule has 0 aliphatic carbocycles. The number of fused-ring (bicyclic) bond motifs is 3. The van der Waals surface area contributed by atoms with E-state index < -0.39 is 0 Å². The number of nitrogens with one attached hydrogen (secondary N) is 1. The van der Waals surface area contributed by atoms with E-state index in [0.29, 0.717) is 18.2 Å². The third-order valence-corrected chi connectivity index (χ3v) is 4.67. The molecule has 3 atom stereocenters. The van der Waals surface area contributed by atoms with Crippen LogP contribution in [0.3, 0.4) is 0 Å². The van der Waals surface area contributed by atoms with Crippen LogP contribution in [0.25, 0.3) is 10.9 Å². The van der Waals surface area contributed by atoms with Gasteiger partial charge in [0, 0.05) is 24.5 Å². The van der Waals surface area contributed by atoms with Crippen molar-refractivity contribution in [2.45, 2.75) is 57.5 Å². The van der Waals surface area contributed by atoms with Crippen LogP contribution in [0.4, 0.5) is 0 Å². The zero-order chi connectivity index (χ0) is 13.5. The summed E-state index contributed by atoms with van der Waals surface area (Å²) in [5, 5.41) is 9.67. The fourth-order valence-electron chi connectivity index (χ4n) is 3.65. The topological polar surface area (TPSA) is 39.1 Å². The fourth-order valence-corrected chi connectivity index (χ4v) is 3.65. The van der Waals surface area contributed by atoms with Crippen molar-refractivity contribution in [1.82, 2.24) is 15.1 Å². The van der Waals surface area contributed by atoms with Crippen molar-refractivity contribution in [2.75, 3.05) is 0 Å².